The highest BCUT2D eigenvalue weighted by molar-refractivity contribution is 5.98. The second-order valence-corrected chi connectivity index (χ2v) is 10.2. The average Bonchev–Trinajstić information content (AvgIpc) is 3.55. The van der Waals surface area contributed by atoms with E-state index in [1.807, 2.05) is 28.9 Å². The third-order valence-electron chi connectivity index (χ3n) is 7.75. The highest BCUT2D eigenvalue weighted by atomic mass is 19.4. The fourth-order valence-corrected chi connectivity index (χ4v) is 5.73. The van der Waals surface area contributed by atoms with Gasteiger partial charge in [-0.2, -0.15) is 18.3 Å². The van der Waals surface area contributed by atoms with Crippen molar-refractivity contribution in [1.82, 2.24) is 24.6 Å². The van der Waals surface area contributed by atoms with Gasteiger partial charge in [0.15, 0.2) is 5.65 Å². The summed E-state index contributed by atoms with van der Waals surface area (Å²) in [6.07, 6.45) is 0.677. The predicted octanol–water partition coefficient (Wildman–Crippen LogP) is 5.01. The highest BCUT2D eigenvalue weighted by Gasteiger charge is 2.32. The molecule has 1 amide bonds. The number of carbonyl (C=O) groups is 1. The first-order valence-corrected chi connectivity index (χ1v) is 13.2. The Hall–Kier alpha value is -4.41. The molecule has 1 fully saturated rings. The topological polar surface area (TPSA) is 93.2 Å². The van der Waals surface area contributed by atoms with Gasteiger partial charge in [0, 0.05) is 37.4 Å². The molecule has 0 bridgehead atoms. The number of alkyl halides is 3. The van der Waals surface area contributed by atoms with Crippen LogP contribution in [0.25, 0.3) is 22.3 Å². The van der Waals surface area contributed by atoms with Crippen molar-refractivity contribution >= 4 is 28.4 Å². The molecular formula is C29H28F3N7O. The number of benzene rings is 2. The molecule has 2 N–H and O–H groups in total. The van der Waals surface area contributed by atoms with E-state index in [-0.39, 0.29) is 11.9 Å². The molecule has 1 saturated heterocycles. The number of rotatable bonds is 5. The van der Waals surface area contributed by atoms with E-state index in [1.165, 1.54) is 18.5 Å². The van der Waals surface area contributed by atoms with Gasteiger partial charge in [-0.3, -0.25) is 4.79 Å². The molecule has 8 nitrogen and oxygen atoms in total. The summed E-state index contributed by atoms with van der Waals surface area (Å²) in [5.41, 5.74) is 10.4. The van der Waals surface area contributed by atoms with Crippen LogP contribution < -0.4 is 10.6 Å². The molecule has 40 heavy (non-hydrogen) atoms. The van der Waals surface area contributed by atoms with Crippen molar-refractivity contribution < 1.29 is 18.0 Å². The third-order valence-corrected chi connectivity index (χ3v) is 7.75. The molecule has 0 radical (unpaired) electrons. The molecule has 2 aromatic heterocycles. The van der Waals surface area contributed by atoms with E-state index in [4.69, 9.17) is 10.8 Å². The molecule has 1 atom stereocenters. The molecule has 0 saturated carbocycles. The van der Waals surface area contributed by atoms with Gasteiger partial charge >= 0.3 is 6.18 Å². The number of fused-ring (bicyclic) bond motifs is 2. The largest absolute Gasteiger partial charge is 0.416 e. The van der Waals surface area contributed by atoms with E-state index >= 15 is 0 Å². The van der Waals surface area contributed by atoms with Gasteiger partial charge in [0.25, 0.3) is 0 Å². The molecule has 4 heterocycles. The van der Waals surface area contributed by atoms with Crippen molar-refractivity contribution in [3.8, 4) is 11.3 Å². The zero-order chi connectivity index (χ0) is 28.0. The summed E-state index contributed by atoms with van der Waals surface area (Å²) in [7, 11) is 0. The molecule has 4 aromatic rings. The first kappa shape index (κ1) is 25.8. The Kier molecular flexibility index (Phi) is 6.44. The van der Waals surface area contributed by atoms with Crippen molar-refractivity contribution in [2.24, 2.45) is 0 Å². The minimum Gasteiger partial charge on any atom is -0.383 e. The lowest BCUT2D eigenvalue weighted by molar-refractivity contribution is -0.137. The van der Waals surface area contributed by atoms with Crippen LogP contribution in [-0.2, 0) is 23.9 Å². The molecule has 2 aliphatic rings. The maximum atomic E-state index is 13.1. The van der Waals surface area contributed by atoms with Crippen LogP contribution >= 0.6 is 0 Å². The van der Waals surface area contributed by atoms with Crippen LogP contribution in [0.15, 0.2) is 61.4 Å². The number of halogens is 3. The van der Waals surface area contributed by atoms with Gasteiger partial charge in [0.05, 0.1) is 17.0 Å². The Balaban J connectivity index is 1.27. The van der Waals surface area contributed by atoms with Crippen LogP contribution in [0.4, 0.5) is 24.7 Å². The number of likely N-dealkylation sites (tertiary alicyclic amines) is 1. The summed E-state index contributed by atoms with van der Waals surface area (Å²) in [4.78, 5) is 24.8. The fraction of sp³-hybridized carbons (Fsp3) is 0.310. The van der Waals surface area contributed by atoms with Crippen LogP contribution in [-0.4, -0.2) is 50.2 Å². The smallest absolute Gasteiger partial charge is 0.383 e. The molecular weight excluding hydrogens is 519 g/mol. The Morgan fingerprint density at radius 3 is 2.67 bits per heavy atom. The molecule has 206 valence electrons. The van der Waals surface area contributed by atoms with Crippen LogP contribution in [0.5, 0.6) is 0 Å². The van der Waals surface area contributed by atoms with Gasteiger partial charge < -0.3 is 15.5 Å². The number of nitrogens with two attached hydrogens (primary N) is 1. The molecule has 6 rings (SSSR count). The highest BCUT2D eigenvalue weighted by Crippen LogP contribution is 2.37. The van der Waals surface area contributed by atoms with Gasteiger partial charge in [0.2, 0.25) is 5.91 Å². The van der Waals surface area contributed by atoms with E-state index in [1.54, 1.807) is 11.0 Å². The van der Waals surface area contributed by atoms with E-state index in [0.717, 1.165) is 41.3 Å². The number of nitrogen functional groups attached to an aromatic ring is 1. The molecule has 0 aliphatic carbocycles. The Morgan fingerprint density at radius 1 is 1.12 bits per heavy atom. The summed E-state index contributed by atoms with van der Waals surface area (Å²) in [5.74, 6) is 0.226. The summed E-state index contributed by atoms with van der Waals surface area (Å²) in [5, 5.41) is 5.59. The Morgan fingerprint density at radius 2 is 1.93 bits per heavy atom. The van der Waals surface area contributed by atoms with Gasteiger partial charge in [0.1, 0.15) is 17.8 Å². The molecule has 2 aromatic carbocycles. The normalized spacial score (nSPS) is 17.3. The van der Waals surface area contributed by atoms with Crippen molar-refractivity contribution in [3.05, 3.63) is 78.1 Å². The van der Waals surface area contributed by atoms with E-state index in [0.29, 0.717) is 55.1 Å². The maximum absolute atomic E-state index is 13.1. The molecule has 1 unspecified atom stereocenters. The first-order valence-electron chi connectivity index (χ1n) is 13.2. The number of nitrogens with zero attached hydrogens (tertiary/aromatic N) is 6. The zero-order valence-electron chi connectivity index (χ0n) is 21.7. The maximum Gasteiger partial charge on any atom is 0.416 e. The second-order valence-electron chi connectivity index (χ2n) is 10.2. The van der Waals surface area contributed by atoms with Crippen LogP contribution in [0.1, 0.15) is 35.6 Å². The number of hydrogen-bond donors (Lipinski definition) is 1. The van der Waals surface area contributed by atoms with E-state index < -0.39 is 11.7 Å². The molecule has 2 aliphatic heterocycles. The standard InChI is InChI=1S/C29H28F3N7O/c1-2-24(40)38-12-3-4-22(16-38)39-28-25(27(33)34-17-35-28)26(36-39)19-7-5-18(6-8-19)15-37-13-11-20-14-21(29(30,31)32)9-10-23(20)37/h2,5-10,14,17,22H,1,3-4,11-13,15-16H2,(H2,33,34,35). The number of aromatic nitrogens is 4. The zero-order valence-corrected chi connectivity index (χ0v) is 21.7. The lowest BCUT2D eigenvalue weighted by Gasteiger charge is -2.32. The SMILES string of the molecule is C=CC(=O)N1CCCC(n2nc(-c3ccc(CN4CCc5cc(C(F)(F)F)ccc54)cc3)c3c(N)ncnc32)C1. The number of hydrogen-bond acceptors (Lipinski definition) is 6. The third kappa shape index (κ3) is 4.65. The quantitative estimate of drug-likeness (QED) is 0.353. The van der Waals surface area contributed by atoms with Crippen molar-refractivity contribution in [3.63, 3.8) is 0 Å². The Bertz CT molecular complexity index is 1600. The summed E-state index contributed by atoms with van der Waals surface area (Å²) < 4.78 is 41.2. The predicted molar refractivity (Wildman–Crippen MR) is 146 cm³/mol. The van der Waals surface area contributed by atoms with Crippen molar-refractivity contribution in [2.45, 2.75) is 38.0 Å². The van der Waals surface area contributed by atoms with Gasteiger partial charge in [-0.25, -0.2) is 14.6 Å². The van der Waals surface area contributed by atoms with Gasteiger partial charge in [-0.1, -0.05) is 30.8 Å². The van der Waals surface area contributed by atoms with Crippen LogP contribution in [0, 0.1) is 0 Å². The molecule has 0 spiro atoms. The van der Waals surface area contributed by atoms with E-state index in [9.17, 15) is 18.0 Å². The average molecular weight is 548 g/mol. The first-order chi connectivity index (χ1) is 19.2. The summed E-state index contributed by atoms with van der Waals surface area (Å²) in [6, 6.07) is 11.8. The van der Waals surface area contributed by atoms with Crippen molar-refractivity contribution in [2.75, 3.05) is 30.3 Å². The minimum absolute atomic E-state index is 0.0597. The number of amides is 1. The monoisotopic (exact) mass is 547 g/mol. The second kappa shape index (κ2) is 9.96. The van der Waals surface area contributed by atoms with Gasteiger partial charge in [-0.15, -0.1) is 0 Å². The van der Waals surface area contributed by atoms with Gasteiger partial charge in [-0.05, 0) is 54.7 Å². The summed E-state index contributed by atoms with van der Waals surface area (Å²) >= 11 is 0. The molecule has 11 heteroatoms. The summed E-state index contributed by atoms with van der Waals surface area (Å²) in [6.45, 7) is 6.03. The fourth-order valence-electron chi connectivity index (χ4n) is 5.73. The lowest BCUT2D eigenvalue weighted by Crippen LogP contribution is -2.40. The number of anilines is 2. The van der Waals surface area contributed by atoms with Crippen molar-refractivity contribution in [1.29, 1.82) is 0 Å². The number of piperidine rings is 1. The Labute approximate surface area is 228 Å². The lowest BCUT2D eigenvalue weighted by atomic mass is 10.1. The minimum atomic E-state index is -4.34. The number of carbonyl (C=O) groups excluding carboxylic acids is 1. The van der Waals surface area contributed by atoms with Crippen LogP contribution in [0.3, 0.4) is 0 Å². The van der Waals surface area contributed by atoms with E-state index in [2.05, 4.69) is 21.4 Å². The van der Waals surface area contributed by atoms with Crippen LogP contribution in [0.2, 0.25) is 0 Å².